The molecular weight excluding hydrogens is 212 g/mol. The zero-order valence-electron chi connectivity index (χ0n) is 10.5. The molecule has 2 heteroatoms. The van der Waals surface area contributed by atoms with E-state index in [1.54, 1.807) is 6.07 Å². The molecule has 0 atom stereocenters. The van der Waals surface area contributed by atoms with Crippen LogP contribution in [0.4, 0.5) is 0 Å². The zero-order valence-corrected chi connectivity index (χ0v) is 10.5. The molecule has 0 aliphatic heterocycles. The van der Waals surface area contributed by atoms with Gasteiger partial charge in [0, 0.05) is 5.56 Å². The molecule has 0 saturated heterocycles. The Morgan fingerprint density at radius 3 is 2.47 bits per heavy atom. The van der Waals surface area contributed by atoms with Gasteiger partial charge in [0.1, 0.15) is 0 Å². The molecule has 94 valence electrons. The molecule has 1 aromatic carbocycles. The lowest BCUT2D eigenvalue weighted by atomic mass is 9.77. The van der Waals surface area contributed by atoms with Crippen LogP contribution in [0.15, 0.2) is 18.2 Å². The van der Waals surface area contributed by atoms with Crippen LogP contribution in [0.5, 0.6) is 11.5 Å². The van der Waals surface area contributed by atoms with E-state index in [1.165, 1.54) is 25.7 Å². The fourth-order valence-electron chi connectivity index (χ4n) is 3.05. The van der Waals surface area contributed by atoms with Gasteiger partial charge in [0.2, 0.25) is 0 Å². The maximum absolute atomic E-state index is 9.87. The van der Waals surface area contributed by atoms with E-state index >= 15 is 0 Å². The quantitative estimate of drug-likeness (QED) is 0.770. The van der Waals surface area contributed by atoms with Gasteiger partial charge in [-0.2, -0.15) is 0 Å². The average molecular weight is 234 g/mol. The van der Waals surface area contributed by atoms with Gasteiger partial charge in [0.25, 0.3) is 0 Å². The number of hydrogen-bond donors (Lipinski definition) is 2. The Morgan fingerprint density at radius 2 is 1.82 bits per heavy atom. The van der Waals surface area contributed by atoms with Gasteiger partial charge in [0.05, 0.1) is 0 Å². The molecule has 2 rings (SSSR count). The van der Waals surface area contributed by atoms with Crippen LogP contribution in [0.3, 0.4) is 0 Å². The Labute approximate surface area is 103 Å². The number of para-hydroxylation sites is 1. The third kappa shape index (κ3) is 2.74. The standard InChI is InChI=1S/C15H22O2/c1-2-4-11-7-9-12(10-8-11)13-5-3-6-14(16)15(13)17/h3,5-6,11-12,16-17H,2,4,7-10H2,1H3. The third-order valence-electron chi connectivity index (χ3n) is 4.03. The van der Waals surface area contributed by atoms with Crippen LogP contribution in [0.2, 0.25) is 0 Å². The van der Waals surface area contributed by atoms with Gasteiger partial charge < -0.3 is 10.2 Å². The van der Waals surface area contributed by atoms with Crippen molar-refractivity contribution in [2.45, 2.75) is 51.4 Å². The summed E-state index contributed by atoms with van der Waals surface area (Å²) in [7, 11) is 0. The van der Waals surface area contributed by atoms with Crippen molar-refractivity contribution in [2.24, 2.45) is 5.92 Å². The maximum Gasteiger partial charge on any atom is 0.160 e. The largest absolute Gasteiger partial charge is 0.504 e. The van der Waals surface area contributed by atoms with E-state index in [4.69, 9.17) is 0 Å². The molecule has 2 nitrogen and oxygen atoms in total. The smallest absolute Gasteiger partial charge is 0.160 e. The lowest BCUT2D eigenvalue weighted by Crippen LogP contribution is -2.13. The van der Waals surface area contributed by atoms with Gasteiger partial charge >= 0.3 is 0 Å². The molecule has 0 bridgehead atoms. The Bertz CT molecular complexity index is 365. The predicted molar refractivity (Wildman–Crippen MR) is 69.4 cm³/mol. The van der Waals surface area contributed by atoms with Crippen LogP contribution in [0.1, 0.15) is 56.9 Å². The van der Waals surface area contributed by atoms with E-state index in [9.17, 15) is 10.2 Å². The summed E-state index contributed by atoms with van der Waals surface area (Å²) in [6.07, 6.45) is 7.40. The van der Waals surface area contributed by atoms with Gasteiger partial charge in [-0.25, -0.2) is 0 Å². The van der Waals surface area contributed by atoms with Crippen LogP contribution in [-0.4, -0.2) is 10.2 Å². The minimum absolute atomic E-state index is 0.0122. The zero-order chi connectivity index (χ0) is 12.3. The number of hydrogen-bond acceptors (Lipinski definition) is 2. The first-order valence-electron chi connectivity index (χ1n) is 6.73. The first kappa shape index (κ1) is 12.3. The van der Waals surface area contributed by atoms with E-state index in [0.29, 0.717) is 5.92 Å². The summed E-state index contributed by atoms with van der Waals surface area (Å²) in [5.41, 5.74) is 0.931. The normalized spacial score (nSPS) is 24.8. The summed E-state index contributed by atoms with van der Waals surface area (Å²) >= 11 is 0. The first-order valence-corrected chi connectivity index (χ1v) is 6.73. The predicted octanol–water partition coefficient (Wildman–Crippen LogP) is 4.17. The molecule has 0 heterocycles. The molecule has 17 heavy (non-hydrogen) atoms. The Balaban J connectivity index is 2.03. The van der Waals surface area contributed by atoms with Crippen LogP contribution < -0.4 is 0 Å². The van der Waals surface area contributed by atoms with E-state index in [0.717, 1.165) is 24.3 Å². The highest BCUT2D eigenvalue weighted by Gasteiger charge is 2.24. The molecular formula is C15H22O2. The lowest BCUT2D eigenvalue weighted by Gasteiger charge is -2.29. The second kappa shape index (κ2) is 5.44. The van der Waals surface area contributed by atoms with Crippen molar-refractivity contribution in [3.05, 3.63) is 23.8 Å². The van der Waals surface area contributed by atoms with E-state index < -0.39 is 0 Å². The van der Waals surface area contributed by atoms with Crippen molar-refractivity contribution >= 4 is 0 Å². The number of benzene rings is 1. The van der Waals surface area contributed by atoms with Crippen LogP contribution in [0, 0.1) is 5.92 Å². The minimum atomic E-state index is 0.0122. The number of phenols is 2. The van der Waals surface area contributed by atoms with Crippen molar-refractivity contribution in [3.63, 3.8) is 0 Å². The van der Waals surface area contributed by atoms with E-state index in [-0.39, 0.29) is 11.5 Å². The molecule has 1 aromatic rings. The fourth-order valence-corrected chi connectivity index (χ4v) is 3.05. The maximum atomic E-state index is 9.87. The SMILES string of the molecule is CCCC1CCC(c2cccc(O)c2O)CC1. The van der Waals surface area contributed by atoms with E-state index in [2.05, 4.69) is 6.92 Å². The summed E-state index contributed by atoms with van der Waals surface area (Å²) in [5.74, 6) is 1.40. The third-order valence-corrected chi connectivity index (χ3v) is 4.03. The van der Waals surface area contributed by atoms with Crippen molar-refractivity contribution in [1.29, 1.82) is 0 Å². The molecule has 1 aliphatic rings. The van der Waals surface area contributed by atoms with Crippen molar-refractivity contribution in [2.75, 3.05) is 0 Å². The molecule has 0 radical (unpaired) electrons. The molecule has 2 N–H and O–H groups in total. The number of rotatable bonds is 3. The second-order valence-corrected chi connectivity index (χ2v) is 5.22. The number of phenolic OH excluding ortho intramolecular Hbond substituents is 2. The summed E-state index contributed by atoms with van der Waals surface area (Å²) in [5, 5.41) is 19.4. The molecule has 1 saturated carbocycles. The summed E-state index contributed by atoms with van der Waals surface area (Å²) < 4.78 is 0. The monoisotopic (exact) mass is 234 g/mol. The highest BCUT2D eigenvalue weighted by Crippen LogP contribution is 2.42. The van der Waals surface area contributed by atoms with Crippen molar-refractivity contribution in [3.8, 4) is 11.5 Å². The molecule has 1 fully saturated rings. The minimum Gasteiger partial charge on any atom is -0.504 e. The van der Waals surface area contributed by atoms with Crippen LogP contribution in [0.25, 0.3) is 0 Å². The molecule has 1 aliphatic carbocycles. The average Bonchev–Trinajstić information content (AvgIpc) is 2.34. The number of aromatic hydroxyl groups is 2. The van der Waals surface area contributed by atoms with E-state index in [1.807, 2.05) is 12.1 Å². The molecule has 0 spiro atoms. The Hall–Kier alpha value is -1.18. The molecule has 0 unspecified atom stereocenters. The molecule has 0 amide bonds. The van der Waals surface area contributed by atoms with Gasteiger partial charge in [-0.3, -0.25) is 0 Å². The Kier molecular flexibility index (Phi) is 3.93. The highest BCUT2D eigenvalue weighted by molar-refractivity contribution is 5.46. The summed E-state index contributed by atoms with van der Waals surface area (Å²) in [4.78, 5) is 0. The van der Waals surface area contributed by atoms with Gasteiger partial charge in [-0.1, -0.05) is 31.9 Å². The first-order chi connectivity index (χ1) is 8.22. The highest BCUT2D eigenvalue weighted by atomic mass is 16.3. The van der Waals surface area contributed by atoms with Gasteiger partial charge in [-0.05, 0) is 43.6 Å². The fraction of sp³-hybridized carbons (Fsp3) is 0.600. The van der Waals surface area contributed by atoms with Gasteiger partial charge in [-0.15, -0.1) is 0 Å². The topological polar surface area (TPSA) is 40.5 Å². The van der Waals surface area contributed by atoms with Gasteiger partial charge in [0.15, 0.2) is 11.5 Å². The lowest BCUT2D eigenvalue weighted by molar-refractivity contribution is 0.302. The second-order valence-electron chi connectivity index (χ2n) is 5.22. The summed E-state index contributed by atoms with van der Waals surface area (Å²) in [6.45, 7) is 2.24. The summed E-state index contributed by atoms with van der Waals surface area (Å²) in [6, 6.07) is 5.31. The Morgan fingerprint density at radius 1 is 1.12 bits per heavy atom. The van der Waals surface area contributed by atoms with Crippen LogP contribution >= 0.6 is 0 Å². The molecule has 0 aromatic heterocycles. The van der Waals surface area contributed by atoms with Crippen molar-refractivity contribution < 1.29 is 10.2 Å². The van der Waals surface area contributed by atoms with Crippen LogP contribution in [-0.2, 0) is 0 Å². The van der Waals surface area contributed by atoms with Crippen molar-refractivity contribution in [1.82, 2.24) is 0 Å².